The van der Waals surface area contributed by atoms with E-state index in [-0.39, 0.29) is 12.1 Å². The quantitative estimate of drug-likeness (QED) is 0.828. The zero-order chi connectivity index (χ0) is 20.4. The summed E-state index contributed by atoms with van der Waals surface area (Å²) in [6.45, 7) is 1.90. The van der Waals surface area contributed by atoms with Crippen molar-refractivity contribution in [3.8, 4) is 0 Å². The van der Waals surface area contributed by atoms with Gasteiger partial charge in [0.2, 0.25) is 5.91 Å². The third-order valence-electron chi connectivity index (χ3n) is 6.11. The van der Waals surface area contributed by atoms with Gasteiger partial charge in [-0.05, 0) is 61.4 Å². The Labute approximate surface area is 171 Å². The van der Waals surface area contributed by atoms with Gasteiger partial charge in [0, 0.05) is 25.7 Å². The second kappa shape index (κ2) is 8.15. The van der Waals surface area contributed by atoms with E-state index >= 15 is 0 Å². The van der Waals surface area contributed by atoms with E-state index in [1.807, 2.05) is 25.2 Å². The maximum atomic E-state index is 13.1. The van der Waals surface area contributed by atoms with E-state index < -0.39 is 5.91 Å². The number of carbonyl (C=O) groups is 2. The molecule has 1 fully saturated rings. The number of primary amides is 1. The van der Waals surface area contributed by atoms with Crippen LogP contribution >= 0.6 is 0 Å². The van der Waals surface area contributed by atoms with Gasteiger partial charge < -0.3 is 20.9 Å². The van der Waals surface area contributed by atoms with Gasteiger partial charge in [-0.15, -0.1) is 0 Å². The molecule has 0 saturated carbocycles. The Morgan fingerprint density at radius 2 is 1.86 bits per heavy atom. The molecule has 0 aromatic heterocycles. The fraction of sp³-hybridized carbons (Fsp3) is 0.391. The van der Waals surface area contributed by atoms with Crippen molar-refractivity contribution in [1.82, 2.24) is 4.90 Å². The summed E-state index contributed by atoms with van der Waals surface area (Å²) < 4.78 is 0. The highest BCUT2D eigenvalue weighted by molar-refractivity contribution is 5.99. The molecule has 0 radical (unpaired) electrons. The number of fused-ring (bicyclic) bond motifs is 1. The maximum absolute atomic E-state index is 13.1. The molecule has 1 aliphatic carbocycles. The minimum Gasteiger partial charge on any atom is -0.370 e. The Morgan fingerprint density at radius 1 is 1.10 bits per heavy atom. The molecule has 2 aromatic carbocycles. The summed E-state index contributed by atoms with van der Waals surface area (Å²) in [5, 5.41) is 3.05. The summed E-state index contributed by atoms with van der Waals surface area (Å²) in [7, 11) is 1.83. The number of nitrogens with two attached hydrogens (primary N) is 1. The second-order valence-electron chi connectivity index (χ2n) is 7.94. The van der Waals surface area contributed by atoms with Gasteiger partial charge in [0.05, 0.1) is 17.4 Å². The van der Waals surface area contributed by atoms with Crippen LogP contribution in [-0.4, -0.2) is 37.0 Å². The summed E-state index contributed by atoms with van der Waals surface area (Å²) in [6, 6.07) is 13.5. The zero-order valence-corrected chi connectivity index (χ0v) is 16.9. The number of hydrogen-bond acceptors (Lipinski definition) is 3. The van der Waals surface area contributed by atoms with Gasteiger partial charge in [-0.3, -0.25) is 4.79 Å². The lowest BCUT2D eigenvalue weighted by molar-refractivity contribution is 0.1000. The Balaban J connectivity index is 1.58. The van der Waals surface area contributed by atoms with Crippen LogP contribution in [0.4, 0.5) is 16.2 Å². The van der Waals surface area contributed by atoms with E-state index in [4.69, 9.17) is 5.73 Å². The fourth-order valence-electron chi connectivity index (χ4n) is 4.48. The number of piperidine rings is 1. The number of benzene rings is 2. The zero-order valence-electron chi connectivity index (χ0n) is 16.9. The summed E-state index contributed by atoms with van der Waals surface area (Å²) in [6.07, 6.45) is 5.38. The number of urea groups is 1. The van der Waals surface area contributed by atoms with E-state index in [0.717, 1.165) is 44.5 Å². The van der Waals surface area contributed by atoms with Gasteiger partial charge in [0.15, 0.2) is 0 Å². The molecule has 6 heteroatoms. The van der Waals surface area contributed by atoms with Gasteiger partial charge in [-0.2, -0.15) is 0 Å². The minimum atomic E-state index is -0.497. The van der Waals surface area contributed by atoms with Crippen molar-refractivity contribution in [3.05, 3.63) is 59.2 Å². The maximum Gasteiger partial charge on any atom is 0.322 e. The highest BCUT2D eigenvalue weighted by atomic mass is 16.2. The molecule has 0 spiro atoms. The van der Waals surface area contributed by atoms with Crippen LogP contribution in [0.25, 0.3) is 0 Å². The monoisotopic (exact) mass is 392 g/mol. The van der Waals surface area contributed by atoms with Gasteiger partial charge in [-0.25, -0.2) is 4.79 Å². The molecular formula is C23H28N4O2. The Hall–Kier alpha value is -3.02. The topological polar surface area (TPSA) is 78.7 Å². The third kappa shape index (κ3) is 3.92. The lowest BCUT2D eigenvalue weighted by atomic mass is 10.1. The molecule has 1 heterocycles. The summed E-state index contributed by atoms with van der Waals surface area (Å²) in [5.74, 6) is -0.497. The molecule has 29 heavy (non-hydrogen) atoms. The van der Waals surface area contributed by atoms with Crippen LogP contribution in [0.3, 0.4) is 0 Å². The summed E-state index contributed by atoms with van der Waals surface area (Å²) in [5.41, 5.74) is 9.99. The molecule has 2 aliphatic rings. The lowest BCUT2D eigenvalue weighted by Gasteiger charge is -2.32. The lowest BCUT2D eigenvalue weighted by Crippen LogP contribution is -2.35. The number of aryl methyl sites for hydroxylation is 1. The molecule has 1 atom stereocenters. The molecule has 0 bridgehead atoms. The van der Waals surface area contributed by atoms with Crippen molar-refractivity contribution in [2.45, 2.75) is 38.1 Å². The van der Waals surface area contributed by atoms with Crippen LogP contribution in [0.5, 0.6) is 0 Å². The average molecular weight is 393 g/mol. The molecular weight excluding hydrogens is 364 g/mol. The largest absolute Gasteiger partial charge is 0.370 e. The van der Waals surface area contributed by atoms with Crippen molar-refractivity contribution in [2.24, 2.45) is 5.73 Å². The SMILES string of the molecule is CN(C(=O)Nc1cc(C(N)=O)ccc1N1CCCCC1)C1CCc2ccccc21. The van der Waals surface area contributed by atoms with Crippen molar-refractivity contribution in [1.29, 1.82) is 0 Å². The number of nitrogens with one attached hydrogen (secondary N) is 1. The first kappa shape index (κ1) is 19.3. The second-order valence-corrected chi connectivity index (χ2v) is 7.94. The first-order valence-corrected chi connectivity index (χ1v) is 10.3. The molecule has 3 amide bonds. The molecule has 1 unspecified atom stereocenters. The number of amides is 3. The van der Waals surface area contributed by atoms with Gasteiger partial charge >= 0.3 is 6.03 Å². The van der Waals surface area contributed by atoms with Crippen LogP contribution in [0, 0.1) is 0 Å². The van der Waals surface area contributed by atoms with Crippen molar-refractivity contribution >= 4 is 23.3 Å². The number of nitrogens with zero attached hydrogens (tertiary/aromatic N) is 2. The highest BCUT2D eigenvalue weighted by Crippen LogP contribution is 2.36. The van der Waals surface area contributed by atoms with E-state index in [0.29, 0.717) is 11.3 Å². The first-order chi connectivity index (χ1) is 14.0. The number of anilines is 2. The van der Waals surface area contributed by atoms with Crippen LogP contribution in [0.1, 0.15) is 53.2 Å². The molecule has 6 nitrogen and oxygen atoms in total. The number of hydrogen-bond donors (Lipinski definition) is 2. The number of carbonyl (C=O) groups excluding carboxylic acids is 2. The third-order valence-corrected chi connectivity index (χ3v) is 6.11. The van der Waals surface area contributed by atoms with Crippen LogP contribution < -0.4 is 16.0 Å². The predicted molar refractivity (Wildman–Crippen MR) is 115 cm³/mol. The molecule has 1 saturated heterocycles. The molecule has 152 valence electrons. The van der Waals surface area contributed by atoms with Crippen LogP contribution in [0.2, 0.25) is 0 Å². The highest BCUT2D eigenvalue weighted by Gasteiger charge is 2.29. The Bertz CT molecular complexity index is 921. The predicted octanol–water partition coefficient (Wildman–Crippen LogP) is 3.93. The fourth-order valence-corrected chi connectivity index (χ4v) is 4.48. The van der Waals surface area contributed by atoms with Crippen molar-refractivity contribution in [2.75, 3.05) is 30.4 Å². The van der Waals surface area contributed by atoms with Crippen molar-refractivity contribution < 1.29 is 9.59 Å². The van der Waals surface area contributed by atoms with E-state index in [1.165, 1.54) is 17.5 Å². The van der Waals surface area contributed by atoms with E-state index in [1.54, 1.807) is 17.0 Å². The molecule has 1 aliphatic heterocycles. The van der Waals surface area contributed by atoms with E-state index in [2.05, 4.69) is 22.3 Å². The minimum absolute atomic E-state index is 0.0592. The molecule has 2 aromatic rings. The molecule has 3 N–H and O–H groups in total. The summed E-state index contributed by atoms with van der Waals surface area (Å²) in [4.78, 5) is 28.8. The Morgan fingerprint density at radius 3 is 2.62 bits per heavy atom. The van der Waals surface area contributed by atoms with Gasteiger partial charge in [-0.1, -0.05) is 24.3 Å². The Kier molecular flexibility index (Phi) is 5.43. The van der Waals surface area contributed by atoms with Gasteiger partial charge in [0.1, 0.15) is 0 Å². The van der Waals surface area contributed by atoms with Gasteiger partial charge in [0.25, 0.3) is 0 Å². The normalized spacial score (nSPS) is 18.2. The first-order valence-electron chi connectivity index (χ1n) is 10.3. The van der Waals surface area contributed by atoms with Crippen LogP contribution in [-0.2, 0) is 6.42 Å². The van der Waals surface area contributed by atoms with E-state index in [9.17, 15) is 9.59 Å². The molecule has 4 rings (SSSR count). The summed E-state index contributed by atoms with van der Waals surface area (Å²) >= 11 is 0. The van der Waals surface area contributed by atoms with Crippen LogP contribution in [0.15, 0.2) is 42.5 Å². The number of rotatable bonds is 4. The smallest absolute Gasteiger partial charge is 0.322 e. The van der Waals surface area contributed by atoms with Crippen molar-refractivity contribution in [3.63, 3.8) is 0 Å². The average Bonchev–Trinajstić information content (AvgIpc) is 3.18. The standard InChI is InChI=1S/C23H28N4O2/c1-26(20-11-9-16-7-3-4-8-18(16)20)23(29)25-19-15-17(22(24)28)10-12-21(19)27-13-5-2-6-14-27/h3-4,7-8,10,12,15,20H,2,5-6,9,11,13-14H2,1H3,(H2,24,28)(H,25,29).